The van der Waals surface area contributed by atoms with Crippen LogP contribution in [0.2, 0.25) is 5.02 Å². The van der Waals surface area contributed by atoms with E-state index in [0.717, 1.165) is 24.3 Å². The highest BCUT2D eigenvalue weighted by Crippen LogP contribution is 2.33. The number of halogens is 1. The van der Waals surface area contributed by atoms with E-state index < -0.39 is 10.0 Å². The first-order valence-electron chi connectivity index (χ1n) is 9.37. The third-order valence-electron chi connectivity index (χ3n) is 5.15. The molecule has 7 nitrogen and oxygen atoms in total. The van der Waals surface area contributed by atoms with Gasteiger partial charge in [-0.2, -0.15) is 0 Å². The highest BCUT2D eigenvalue weighted by Gasteiger charge is 2.27. The molecule has 2 aromatic rings. The molecule has 4 rings (SSSR count). The number of rotatable bonds is 4. The van der Waals surface area contributed by atoms with Crippen molar-refractivity contribution < 1.29 is 17.9 Å². The Labute approximate surface area is 175 Å². The molecule has 2 aliphatic rings. The van der Waals surface area contributed by atoms with Gasteiger partial charge in [0.15, 0.2) is 0 Å². The lowest BCUT2D eigenvalue weighted by atomic mass is 10.1. The highest BCUT2D eigenvalue weighted by atomic mass is 35.5. The van der Waals surface area contributed by atoms with Crippen molar-refractivity contribution in [3.63, 3.8) is 0 Å². The minimum Gasteiger partial charge on any atom is -0.378 e. The van der Waals surface area contributed by atoms with Crippen molar-refractivity contribution in [3.8, 4) is 0 Å². The predicted molar refractivity (Wildman–Crippen MR) is 115 cm³/mol. The van der Waals surface area contributed by atoms with Crippen LogP contribution < -0.4 is 14.5 Å². The zero-order valence-corrected chi connectivity index (χ0v) is 17.6. The van der Waals surface area contributed by atoms with Gasteiger partial charge in [0.05, 0.1) is 36.5 Å². The normalized spacial score (nSPS) is 16.6. The smallest absolute Gasteiger partial charge is 0.255 e. The number of benzene rings is 2. The van der Waals surface area contributed by atoms with Crippen LogP contribution >= 0.6 is 11.6 Å². The van der Waals surface area contributed by atoms with Gasteiger partial charge in [0.1, 0.15) is 0 Å². The van der Waals surface area contributed by atoms with Crippen molar-refractivity contribution in [3.05, 3.63) is 52.5 Å². The van der Waals surface area contributed by atoms with Gasteiger partial charge in [-0.05, 0) is 48.4 Å². The Balaban J connectivity index is 1.58. The second-order valence-electron chi connectivity index (χ2n) is 7.14. The molecule has 154 valence electrons. The van der Waals surface area contributed by atoms with Gasteiger partial charge in [0.25, 0.3) is 5.91 Å². The molecule has 1 N–H and O–H groups in total. The van der Waals surface area contributed by atoms with Crippen LogP contribution in [-0.4, -0.2) is 53.4 Å². The first kappa shape index (κ1) is 20.0. The van der Waals surface area contributed by atoms with E-state index in [9.17, 15) is 13.2 Å². The molecule has 0 bridgehead atoms. The van der Waals surface area contributed by atoms with Gasteiger partial charge in [0.2, 0.25) is 10.0 Å². The minimum absolute atomic E-state index is 0.262. The number of nitrogens with one attached hydrogen (secondary N) is 1. The summed E-state index contributed by atoms with van der Waals surface area (Å²) in [4.78, 5) is 15.1. The molecule has 2 heterocycles. The first-order chi connectivity index (χ1) is 13.8. The van der Waals surface area contributed by atoms with Crippen molar-refractivity contribution in [2.45, 2.75) is 6.42 Å². The summed E-state index contributed by atoms with van der Waals surface area (Å²) in [5.74, 6) is -0.262. The predicted octanol–water partition coefficient (Wildman–Crippen LogP) is 2.75. The maximum absolute atomic E-state index is 12.9. The molecule has 2 aliphatic heterocycles. The lowest BCUT2D eigenvalue weighted by Gasteiger charge is -2.30. The number of sulfonamides is 1. The number of carbonyl (C=O) groups is 1. The number of fused-ring (bicyclic) bond motifs is 1. The number of nitrogens with zero attached hydrogens (tertiary/aromatic N) is 2. The standard InChI is InChI=1S/C20H22ClN3O4S/c1-29(26,27)24-7-6-14-12-15(2-4-18(14)24)20(25)22-17-13-16(21)3-5-19(17)23-8-10-28-11-9-23/h2-5,12-13H,6-11H2,1H3,(H,22,25). The van der Waals surface area contributed by atoms with Gasteiger partial charge in [-0.3, -0.25) is 9.10 Å². The summed E-state index contributed by atoms with van der Waals surface area (Å²) >= 11 is 6.16. The zero-order chi connectivity index (χ0) is 20.6. The maximum atomic E-state index is 12.9. The van der Waals surface area contributed by atoms with Gasteiger partial charge < -0.3 is 15.0 Å². The lowest BCUT2D eigenvalue weighted by molar-refractivity contribution is 0.102. The Morgan fingerprint density at radius 3 is 2.52 bits per heavy atom. The molecule has 1 amide bonds. The molecule has 29 heavy (non-hydrogen) atoms. The molecule has 1 fully saturated rings. The second-order valence-corrected chi connectivity index (χ2v) is 9.49. The summed E-state index contributed by atoms with van der Waals surface area (Å²) in [6.07, 6.45) is 1.77. The topological polar surface area (TPSA) is 79.0 Å². The van der Waals surface area contributed by atoms with Crippen LogP contribution in [0.3, 0.4) is 0 Å². The van der Waals surface area contributed by atoms with Gasteiger partial charge in [-0.25, -0.2) is 8.42 Å². The van der Waals surface area contributed by atoms with Crippen molar-refractivity contribution >= 4 is 44.6 Å². The molecule has 0 radical (unpaired) electrons. The van der Waals surface area contributed by atoms with Crippen LogP contribution in [0.5, 0.6) is 0 Å². The molecule has 0 unspecified atom stereocenters. The zero-order valence-electron chi connectivity index (χ0n) is 16.0. The van der Waals surface area contributed by atoms with Gasteiger partial charge >= 0.3 is 0 Å². The fraction of sp³-hybridized carbons (Fsp3) is 0.350. The summed E-state index contributed by atoms with van der Waals surface area (Å²) in [6, 6.07) is 10.5. The van der Waals surface area contributed by atoms with Crippen molar-refractivity contribution in [1.29, 1.82) is 0 Å². The minimum atomic E-state index is -3.32. The lowest BCUT2D eigenvalue weighted by Crippen LogP contribution is -2.36. The van der Waals surface area contributed by atoms with Gasteiger partial charge in [0, 0.05) is 30.2 Å². The number of carbonyl (C=O) groups excluding carboxylic acids is 1. The molecule has 2 aromatic carbocycles. The van der Waals surface area contributed by atoms with Crippen LogP contribution in [0.1, 0.15) is 15.9 Å². The maximum Gasteiger partial charge on any atom is 0.255 e. The third kappa shape index (κ3) is 4.19. The highest BCUT2D eigenvalue weighted by molar-refractivity contribution is 7.92. The molecular formula is C20H22ClN3O4S. The summed E-state index contributed by atoms with van der Waals surface area (Å²) in [5, 5.41) is 3.50. The molecule has 9 heteroatoms. The Hall–Kier alpha value is -2.29. The van der Waals surface area contributed by atoms with Crippen molar-refractivity contribution in [2.75, 3.05) is 53.6 Å². The van der Waals surface area contributed by atoms with Crippen LogP contribution in [0.4, 0.5) is 17.1 Å². The Kier molecular flexibility index (Phi) is 5.42. The van der Waals surface area contributed by atoms with E-state index in [4.69, 9.17) is 16.3 Å². The number of amides is 1. The fourth-order valence-electron chi connectivity index (χ4n) is 3.74. The average Bonchev–Trinajstić information content (AvgIpc) is 3.12. The largest absolute Gasteiger partial charge is 0.378 e. The first-order valence-corrected chi connectivity index (χ1v) is 11.6. The van der Waals surface area contributed by atoms with E-state index in [2.05, 4.69) is 10.2 Å². The number of hydrogen-bond acceptors (Lipinski definition) is 5. The van der Waals surface area contributed by atoms with Crippen LogP contribution in [0.15, 0.2) is 36.4 Å². The van der Waals surface area contributed by atoms with E-state index in [1.165, 1.54) is 10.6 Å². The molecule has 0 aromatic heterocycles. The van der Waals surface area contributed by atoms with Crippen molar-refractivity contribution in [2.24, 2.45) is 0 Å². The molecule has 0 atom stereocenters. The Bertz CT molecular complexity index is 1050. The number of anilines is 3. The van der Waals surface area contributed by atoms with Crippen LogP contribution in [0, 0.1) is 0 Å². The summed E-state index contributed by atoms with van der Waals surface area (Å²) in [6.45, 7) is 3.15. The SMILES string of the molecule is CS(=O)(=O)N1CCc2cc(C(=O)Nc3cc(Cl)ccc3N3CCOCC3)ccc21. The number of ether oxygens (including phenoxy) is 1. The van der Waals surface area contributed by atoms with E-state index in [0.29, 0.717) is 48.1 Å². The second kappa shape index (κ2) is 7.85. The van der Waals surface area contributed by atoms with Crippen LogP contribution in [0.25, 0.3) is 0 Å². The Morgan fingerprint density at radius 2 is 1.79 bits per heavy atom. The van der Waals surface area contributed by atoms with E-state index in [-0.39, 0.29) is 5.91 Å². The number of morpholine rings is 1. The molecule has 0 aliphatic carbocycles. The third-order valence-corrected chi connectivity index (χ3v) is 6.57. The van der Waals surface area contributed by atoms with Crippen molar-refractivity contribution in [1.82, 2.24) is 0 Å². The fourth-order valence-corrected chi connectivity index (χ4v) is 4.87. The molecule has 1 saturated heterocycles. The van der Waals surface area contributed by atoms with Crippen LogP contribution in [-0.2, 0) is 21.2 Å². The molecular weight excluding hydrogens is 414 g/mol. The van der Waals surface area contributed by atoms with E-state index in [1.807, 2.05) is 6.07 Å². The number of hydrogen-bond donors (Lipinski definition) is 1. The van der Waals surface area contributed by atoms with Gasteiger partial charge in [-0.15, -0.1) is 0 Å². The molecule has 0 spiro atoms. The molecule has 0 saturated carbocycles. The average molecular weight is 436 g/mol. The summed E-state index contributed by atoms with van der Waals surface area (Å²) in [5.41, 5.74) is 3.51. The van der Waals surface area contributed by atoms with E-state index in [1.54, 1.807) is 30.3 Å². The Morgan fingerprint density at radius 1 is 1.07 bits per heavy atom. The monoisotopic (exact) mass is 435 g/mol. The quantitative estimate of drug-likeness (QED) is 0.798. The summed E-state index contributed by atoms with van der Waals surface area (Å²) < 4.78 is 30.6. The summed E-state index contributed by atoms with van der Waals surface area (Å²) in [7, 11) is -3.32. The van der Waals surface area contributed by atoms with E-state index >= 15 is 0 Å². The van der Waals surface area contributed by atoms with Gasteiger partial charge in [-0.1, -0.05) is 11.6 Å².